The summed E-state index contributed by atoms with van der Waals surface area (Å²) in [6, 6.07) is 4.02. The van der Waals surface area contributed by atoms with Gasteiger partial charge in [-0.1, -0.05) is 18.7 Å². The molecule has 0 bridgehead atoms. The van der Waals surface area contributed by atoms with Gasteiger partial charge in [0, 0.05) is 29.9 Å². The Kier molecular flexibility index (Phi) is 7.49. The van der Waals surface area contributed by atoms with Crippen molar-refractivity contribution in [3.63, 3.8) is 0 Å². The number of rotatable bonds is 9. The molecule has 0 aromatic carbocycles. The van der Waals surface area contributed by atoms with Gasteiger partial charge in [-0.3, -0.25) is 0 Å². The molecule has 132 valence electrons. The zero-order valence-electron chi connectivity index (χ0n) is 13.8. The first kappa shape index (κ1) is 18.7. The third-order valence-corrected chi connectivity index (χ3v) is 4.79. The highest BCUT2D eigenvalue weighted by atomic mass is 32.1. The number of thiophene rings is 1. The Morgan fingerprint density at radius 3 is 3.00 bits per heavy atom. The van der Waals surface area contributed by atoms with E-state index in [-0.39, 0.29) is 30.8 Å². The Bertz CT molecular complexity index is 552. The molecule has 0 aliphatic carbocycles. The monoisotopic (exact) mass is 352 g/mol. The van der Waals surface area contributed by atoms with Gasteiger partial charge in [-0.05, 0) is 37.3 Å². The minimum absolute atomic E-state index is 0.00636. The number of hydrogen-bond donors (Lipinski definition) is 1. The summed E-state index contributed by atoms with van der Waals surface area (Å²) >= 11 is 1.63. The molecule has 0 saturated carbocycles. The number of aliphatic hydroxyl groups is 1. The van der Waals surface area contributed by atoms with Crippen LogP contribution in [0.5, 0.6) is 0 Å². The van der Waals surface area contributed by atoms with Crippen LogP contribution < -0.4 is 0 Å². The van der Waals surface area contributed by atoms with Crippen molar-refractivity contribution in [1.29, 1.82) is 0 Å². The predicted octanol–water partition coefficient (Wildman–Crippen LogP) is 3.23. The number of esters is 1. The maximum absolute atomic E-state index is 12.2. The quantitative estimate of drug-likeness (QED) is 0.546. The third kappa shape index (κ3) is 4.69. The van der Waals surface area contributed by atoms with Crippen LogP contribution >= 0.6 is 11.3 Å². The molecule has 1 aromatic rings. The lowest BCUT2D eigenvalue weighted by Gasteiger charge is -2.36. The molecule has 24 heavy (non-hydrogen) atoms. The first-order valence-electron chi connectivity index (χ1n) is 8.13. The summed E-state index contributed by atoms with van der Waals surface area (Å²) in [4.78, 5) is 13.3. The summed E-state index contributed by atoms with van der Waals surface area (Å²) in [6.07, 6.45) is 4.19. The summed E-state index contributed by atoms with van der Waals surface area (Å²) in [5.41, 5.74) is 0. The van der Waals surface area contributed by atoms with Gasteiger partial charge in [-0.15, -0.1) is 11.3 Å². The number of hydrogen-bond acceptors (Lipinski definition) is 6. The zero-order chi connectivity index (χ0) is 17.4. The molecule has 0 radical (unpaired) electrons. The molecule has 6 heteroatoms. The second kappa shape index (κ2) is 9.61. The van der Waals surface area contributed by atoms with E-state index in [0.717, 1.165) is 11.3 Å². The highest BCUT2D eigenvalue weighted by molar-refractivity contribution is 7.10. The van der Waals surface area contributed by atoms with Crippen molar-refractivity contribution >= 4 is 17.3 Å². The Morgan fingerprint density at radius 2 is 2.38 bits per heavy atom. The van der Waals surface area contributed by atoms with Crippen LogP contribution in [0.25, 0.3) is 0 Å². The fourth-order valence-electron chi connectivity index (χ4n) is 2.77. The number of aliphatic hydroxyl groups excluding tert-OH is 1. The number of ether oxygens (including phenoxy) is 3. The Balaban J connectivity index is 2.29. The van der Waals surface area contributed by atoms with Crippen LogP contribution in [0.15, 0.2) is 42.0 Å². The molecule has 0 saturated heterocycles. The van der Waals surface area contributed by atoms with Crippen molar-refractivity contribution < 1.29 is 24.1 Å². The lowest BCUT2D eigenvalue weighted by atomic mass is 9.84. The molecule has 0 spiro atoms. The van der Waals surface area contributed by atoms with Gasteiger partial charge >= 0.3 is 5.97 Å². The Labute approximate surface area is 146 Å². The predicted molar refractivity (Wildman–Crippen MR) is 92.6 cm³/mol. The molecular weight excluding hydrogens is 328 g/mol. The molecule has 0 unspecified atom stereocenters. The lowest BCUT2D eigenvalue weighted by Crippen LogP contribution is -2.36. The Hall–Kier alpha value is -1.63. The normalized spacial score (nSPS) is 23.2. The molecular formula is C18H24O5S. The topological polar surface area (TPSA) is 65.0 Å². The van der Waals surface area contributed by atoms with Crippen LogP contribution in [-0.2, 0) is 19.0 Å². The second-order valence-corrected chi connectivity index (χ2v) is 6.41. The van der Waals surface area contributed by atoms with Crippen molar-refractivity contribution in [2.75, 3.05) is 19.8 Å². The molecule has 1 aliphatic heterocycles. The van der Waals surface area contributed by atoms with Crippen LogP contribution in [0.4, 0.5) is 0 Å². The van der Waals surface area contributed by atoms with E-state index in [1.54, 1.807) is 11.3 Å². The smallest absolute Gasteiger partial charge is 0.373 e. The van der Waals surface area contributed by atoms with Crippen LogP contribution in [-0.4, -0.2) is 37.2 Å². The highest BCUT2D eigenvalue weighted by Gasteiger charge is 2.38. The van der Waals surface area contributed by atoms with E-state index in [1.807, 2.05) is 30.5 Å². The van der Waals surface area contributed by atoms with Gasteiger partial charge in [0.25, 0.3) is 0 Å². The first-order valence-corrected chi connectivity index (χ1v) is 9.01. The van der Waals surface area contributed by atoms with Crippen LogP contribution in [0.1, 0.15) is 30.6 Å². The maximum Gasteiger partial charge on any atom is 0.373 e. The molecule has 1 aromatic heterocycles. The fourth-order valence-corrected chi connectivity index (χ4v) is 3.64. The van der Waals surface area contributed by atoms with E-state index in [0.29, 0.717) is 13.0 Å². The van der Waals surface area contributed by atoms with Crippen molar-refractivity contribution in [2.24, 2.45) is 5.92 Å². The number of carbonyl (C=O) groups is 1. The minimum atomic E-state index is -0.537. The summed E-state index contributed by atoms with van der Waals surface area (Å²) in [5.74, 6) is -0.310. The van der Waals surface area contributed by atoms with Crippen LogP contribution in [0.3, 0.4) is 0 Å². The maximum atomic E-state index is 12.2. The largest absolute Gasteiger partial charge is 0.457 e. The van der Waals surface area contributed by atoms with E-state index >= 15 is 0 Å². The van der Waals surface area contributed by atoms with E-state index < -0.39 is 12.3 Å². The van der Waals surface area contributed by atoms with E-state index in [4.69, 9.17) is 14.2 Å². The first-order chi connectivity index (χ1) is 11.7. The highest BCUT2D eigenvalue weighted by Crippen LogP contribution is 2.41. The van der Waals surface area contributed by atoms with Crippen LogP contribution in [0, 0.1) is 5.92 Å². The van der Waals surface area contributed by atoms with Crippen molar-refractivity contribution in [3.05, 3.63) is 46.9 Å². The molecule has 1 aliphatic rings. The zero-order valence-corrected chi connectivity index (χ0v) is 14.7. The summed E-state index contributed by atoms with van der Waals surface area (Å²) in [7, 11) is 0. The molecule has 2 rings (SSSR count). The van der Waals surface area contributed by atoms with E-state index in [2.05, 4.69) is 6.58 Å². The second-order valence-electron chi connectivity index (χ2n) is 5.43. The molecule has 5 nitrogen and oxygen atoms in total. The van der Waals surface area contributed by atoms with Gasteiger partial charge in [0.2, 0.25) is 12.0 Å². The molecule has 2 heterocycles. The van der Waals surface area contributed by atoms with Gasteiger partial charge in [-0.2, -0.15) is 0 Å². The van der Waals surface area contributed by atoms with Gasteiger partial charge in [0.1, 0.15) is 6.61 Å². The SMILES string of the molecule is C=CCOC(=O)C1=C[C@H](c2cccs2)[C@H](CCCO)[C@H](OCC)O1. The van der Waals surface area contributed by atoms with Crippen molar-refractivity contribution in [3.8, 4) is 0 Å². The third-order valence-electron chi connectivity index (χ3n) is 3.82. The summed E-state index contributed by atoms with van der Waals surface area (Å²) in [5, 5.41) is 11.2. The van der Waals surface area contributed by atoms with Crippen molar-refractivity contribution in [2.45, 2.75) is 32.0 Å². The Morgan fingerprint density at radius 1 is 1.54 bits per heavy atom. The van der Waals surface area contributed by atoms with Crippen LogP contribution in [0.2, 0.25) is 0 Å². The van der Waals surface area contributed by atoms with Gasteiger partial charge < -0.3 is 19.3 Å². The number of allylic oxidation sites excluding steroid dienone is 1. The summed E-state index contributed by atoms with van der Waals surface area (Å²) < 4.78 is 16.6. The molecule has 1 N–H and O–H groups in total. The minimum Gasteiger partial charge on any atom is -0.457 e. The van der Waals surface area contributed by atoms with Crippen molar-refractivity contribution in [1.82, 2.24) is 0 Å². The molecule has 3 atom stereocenters. The van der Waals surface area contributed by atoms with Gasteiger partial charge in [0.15, 0.2) is 0 Å². The van der Waals surface area contributed by atoms with E-state index in [1.165, 1.54) is 6.08 Å². The van der Waals surface area contributed by atoms with Gasteiger partial charge in [-0.25, -0.2) is 4.79 Å². The molecule has 0 amide bonds. The number of carbonyl (C=O) groups excluding carboxylic acids is 1. The average Bonchev–Trinajstić information content (AvgIpc) is 3.12. The van der Waals surface area contributed by atoms with Gasteiger partial charge in [0.05, 0.1) is 0 Å². The average molecular weight is 352 g/mol. The summed E-state index contributed by atoms with van der Waals surface area (Å²) in [6.45, 7) is 6.16. The van der Waals surface area contributed by atoms with E-state index in [9.17, 15) is 9.90 Å². The lowest BCUT2D eigenvalue weighted by molar-refractivity contribution is -0.175. The fraction of sp³-hybridized carbons (Fsp3) is 0.500. The molecule has 0 fully saturated rings. The standard InChI is InChI=1S/C18H24O5S/c1-3-10-22-17(20)15-12-14(16-8-6-11-24-16)13(7-5-9-19)18(23-15)21-4-2/h3,6,8,11-14,18-19H,1,4-5,7,9-10H2,2H3/t13-,14-,18+/m0/s1.